The number of primary sulfonamides is 1. The van der Waals surface area contributed by atoms with Crippen molar-refractivity contribution in [1.29, 1.82) is 0 Å². The Morgan fingerprint density at radius 3 is 1.64 bits per heavy atom. The van der Waals surface area contributed by atoms with Crippen molar-refractivity contribution >= 4 is 21.2 Å². The van der Waals surface area contributed by atoms with Crippen molar-refractivity contribution in [1.82, 2.24) is 0 Å². The van der Waals surface area contributed by atoms with Crippen molar-refractivity contribution in [2.45, 2.75) is 43.2 Å². The van der Waals surface area contributed by atoms with Crippen molar-refractivity contribution in [3.05, 3.63) is 65.2 Å². The number of allylic oxidation sites excluding steroid dienone is 2. The van der Waals surface area contributed by atoms with Crippen LogP contribution in [0.15, 0.2) is 53.4 Å². The molecule has 0 amide bonds. The van der Waals surface area contributed by atoms with E-state index in [0.29, 0.717) is 0 Å². The van der Waals surface area contributed by atoms with Crippen molar-refractivity contribution in [3.63, 3.8) is 0 Å². The summed E-state index contributed by atoms with van der Waals surface area (Å²) in [5, 5.41) is 5.17. The summed E-state index contributed by atoms with van der Waals surface area (Å²) in [6.45, 7) is 0. The maximum Gasteiger partial charge on any atom is 0.416 e. The number of nitrogens with two attached hydrogens (primary N) is 1. The highest BCUT2D eigenvalue weighted by Gasteiger charge is 2.43. The van der Waals surface area contributed by atoms with Crippen LogP contribution < -0.4 is 5.14 Å². The van der Waals surface area contributed by atoms with Gasteiger partial charge in [0.2, 0.25) is 10.0 Å². The van der Waals surface area contributed by atoms with E-state index in [2.05, 4.69) is 0 Å². The molecule has 0 radical (unpaired) electrons. The fourth-order valence-electron chi connectivity index (χ4n) is 4.31. The van der Waals surface area contributed by atoms with Crippen molar-refractivity contribution in [3.8, 4) is 0 Å². The van der Waals surface area contributed by atoms with Gasteiger partial charge in [-0.25, -0.2) is 13.6 Å². The zero-order chi connectivity index (χ0) is 20.2. The second-order valence-corrected chi connectivity index (χ2v) is 9.37. The van der Waals surface area contributed by atoms with Crippen molar-refractivity contribution in [2.24, 2.45) is 10.6 Å². The highest BCUT2D eigenvalue weighted by Crippen LogP contribution is 2.59. The molecular weight excluding hydrogens is 387 g/mol. The van der Waals surface area contributed by atoms with Crippen LogP contribution in [0, 0.1) is 5.41 Å². The van der Waals surface area contributed by atoms with E-state index in [9.17, 15) is 21.6 Å². The molecule has 0 aliphatic heterocycles. The maximum atomic E-state index is 12.9. The van der Waals surface area contributed by atoms with Gasteiger partial charge in [-0.05, 0) is 77.6 Å². The normalized spacial score (nSPS) is 19.1. The first-order valence-electron chi connectivity index (χ1n) is 9.10. The fraction of sp³-hybridized carbons (Fsp3) is 0.333. The molecule has 4 rings (SSSR count). The van der Waals surface area contributed by atoms with Gasteiger partial charge >= 0.3 is 6.18 Å². The molecule has 0 aromatic heterocycles. The van der Waals surface area contributed by atoms with Gasteiger partial charge in [-0.1, -0.05) is 30.7 Å². The van der Waals surface area contributed by atoms with E-state index in [1.807, 2.05) is 0 Å². The monoisotopic (exact) mass is 407 g/mol. The summed E-state index contributed by atoms with van der Waals surface area (Å²) in [6.07, 6.45) is 0.719. The minimum absolute atomic E-state index is 0.0456. The zero-order valence-electron chi connectivity index (χ0n) is 15.1. The number of halogens is 3. The van der Waals surface area contributed by atoms with E-state index in [0.717, 1.165) is 66.5 Å². The minimum atomic E-state index is -4.36. The molecule has 1 fully saturated rings. The Bertz CT molecular complexity index is 1030. The number of alkyl halides is 3. The van der Waals surface area contributed by atoms with Crippen LogP contribution in [0.2, 0.25) is 0 Å². The lowest BCUT2D eigenvalue weighted by Gasteiger charge is -2.39. The van der Waals surface area contributed by atoms with Gasteiger partial charge in [-0.15, -0.1) is 0 Å². The second-order valence-electron chi connectivity index (χ2n) is 7.81. The smallest absolute Gasteiger partial charge is 0.225 e. The zero-order valence-corrected chi connectivity index (χ0v) is 15.9. The summed E-state index contributed by atoms with van der Waals surface area (Å²) in [6, 6.07) is 11.7. The Hall–Kier alpha value is -2.12. The summed E-state index contributed by atoms with van der Waals surface area (Å²) in [7, 11) is -3.77. The van der Waals surface area contributed by atoms with Gasteiger partial charge in [-0.2, -0.15) is 13.2 Å². The van der Waals surface area contributed by atoms with Crippen molar-refractivity contribution < 1.29 is 21.6 Å². The van der Waals surface area contributed by atoms with Crippen LogP contribution >= 0.6 is 0 Å². The van der Waals surface area contributed by atoms with E-state index in [4.69, 9.17) is 5.14 Å². The van der Waals surface area contributed by atoms with Gasteiger partial charge in [0, 0.05) is 0 Å². The lowest BCUT2D eigenvalue weighted by Crippen LogP contribution is -2.26. The standard InChI is InChI=1S/C21H20F3NO2S/c22-21(23,24)16-6-2-14(3-7-16)18-12-20(10-1-11-20)13-19(18)15-4-8-17(9-5-15)28(25,26)27/h2-9H,1,10-13H2,(H2,25,26,27). The lowest BCUT2D eigenvalue weighted by atomic mass is 9.66. The first-order valence-corrected chi connectivity index (χ1v) is 10.7. The average Bonchev–Trinajstić information content (AvgIpc) is 3.02. The predicted molar refractivity (Wildman–Crippen MR) is 102 cm³/mol. The van der Waals surface area contributed by atoms with E-state index >= 15 is 0 Å². The third-order valence-corrected chi connectivity index (χ3v) is 6.90. The summed E-state index contributed by atoms with van der Waals surface area (Å²) in [5.74, 6) is 0. The molecular formula is C21H20F3NO2S. The largest absolute Gasteiger partial charge is 0.416 e. The highest BCUT2D eigenvalue weighted by atomic mass is 32.2. The topological polar surface area (TPSA) is 60.2 Å². The minimum Gasteiger partial charge on any atom is -0.225 e. The second kappa shape index (κ2) is 6.46. The van der Waals surface area contributed by atoms with E-state index < -0.39 is 21.8 Å². The molecule has 28 heavy (non-hydrogen) atoms. The van der Waals surface area contributed by atoms with E-state index in [1.54, 1.807) is 12.1 Å². The summed E-state index contributed by atoms with van der Waals surface area (Å²) in [4.78, 5) is 0.0456. The number of hydrogen-bond donors (Lipinski definition) is 1. The Balaban J connectivity index is 1.74. The van der Waals surface area contributed by atoms with Crippen LogP contribution in [0.4, 0.5) is 13.2 Å². The molecule has 0 saturated heterocycles. The highest BCUT2D eigenvalue weighted by molar-refractivity contribution is 7.89. The van der Waals surface area contributed by atoms with Crippen LogP contribution in [-0.4, -0.2) is 8.42 Å². The molecule has 0 unspecified atom stereocenters. The van der Waals surface area contributed by atoms with Gasteiger partial charge < -0.3 is 0 Å². The van der Waals surface area contributed by atoms with Crippen LogP contribution in [0.25, 0.3) is 11.1 Å². The Morgan fingerprint density at radius 2 is 1.29 bits per heavy atom. The summed E-state index contributed by atoms with van der Waals surface area (Å²) >= 11 is 0. The van der Waals surface area contributed by atoms with E-state index in [1.165, 1.54) is 24.3 Å². The van der Waals surface area contributed by atoms with Crippen LogP contribution in [0.3, 0.4) is 0 Å². The van der Waals surface area contributed by atoms with E-state index in [-0.39, 0.29) is 10.3 Å². The summed E-state index contributed by atoms with van der Waals surface area (Å²) < 4.78 is 61.7. The first-order chi connectivity index (χ1) is 13.1. The molecule has 3 nitrogen and oxygen atoms in total. The van der Waals surface area contributed by atoms with Crippen LogP contribution in [0.5, 0.6) is 0 Å². The molecule has 7 heteroatoms. The number of hydrogen-bond acceptors (Lipinski definition) is 2. The fourth-order valence-corrected chi connectivity index (χ4v) is 4.83. The molecule has 0 heterocycles. The molecule has 2 aliphatic carbocycles. The molecule has 1 saturated carbocycles. The van der Waals surface area contributed by atoms with Crippen molar-refractivity contribution in [2.75, 3.05) is 0 Å². The quantitative estimate of drug-likeness (QED) is 0.758. The molecule has 0 atom stereocenters. The Labute approximate surface area is 162 Å². The third-order valence-electron chi connectivity index (χ3n) is 5.97. The van der Waals surface area contributed by atoms with Crippen LogP contribution in [-0.2, 0) is 16.2 Å². The van der Waals surface area contributed by atoms with Gasteiger partial charge in [0.25, 0.3) is 0 Å². The molecule has 148 valence electrons. The maximum absolute atomic E-state index is 12.9. The van der Waals surface area contributed by atoms with Gasteiger partial charge in [0.1, 0.15) is 0 Å². The van der Waals surface area contributed by atoms with Gasteiger partial charge in [-0.3, -0.25) is 0 Å². The molecule has 2 aromatic rings. The average molecular weight is 407 g/mol. The SMILES string of the molecule is NS(=O)(=O)c1ccc(C2=C(c3ccc(C(F)(F)F)cc3)CC3(CCC3)C2)cc1. The molecule has 2 aliphatic rings. The molecule has 1 spiro atoms. The molecule has 0 bridgehead atoms. The van der Waals surface area contributed by atoms with Crippen LogP contribution in [0.1, 0.15) is 48.8 Å². The Morgan fingerprint density at radius 1 is 0.821 bits per heavy atom. The summed E-state index contributed by atoms with van der Waals surface area (Å²) in [5.41, 5.74) is 3.35. The molecule has 2 aromatic carbocycles. The Kier molecular flexibility index (Phi) is 4.43. The number of benzene rings is 2. The number of rotatable bonds is 3. The van der Waals surface area contributed by atoms with Gasteiger partial charge in [0.15, 0.2) is 0 Å². The first kappa shape index (κ1) is 19.2. The van der Waals surface area contributed by atoms with Gasteiger partial charge in [0.05, 0.1) is 10.5 Å². The molecule has 2 N–H and O–H groups in total. The third kappa shape index (κ3) is 3.49. The predicted octanol–water partition coefficient (Wildman–Crippen LogP) is 5.23. The lowest BCUT2D eigenvalue weighted by molar-refractivity contribution is -0.137. The number of sulfonamides is 1.